The van der Waals surface area contributed by atoms with Gasteiger partial charge in [-0.2, -0.15) is 0 Å². The number of rotatable bonds is 7. The third-order valence-corrected chi connectivity index (χ3v) is 5.26. The summed E-state index contributed by atoms with van der Waals surface area (Å²) in [4.78, 5) is 26.1. The summed E-state index contributed by atoms with van der Waals surface area (Å²) in [5.74, 6) is 0.450. The topological polar surface area (TPSA) is 85.3 Å². The molecule has 0 bridgehead atoms. The number of methoxy groups -OCH3 is 3. The maximum absolute atomic E-state index is 12.7. The predicted molar refractivity (Wildman–Crippen MR) is 95.9 cm³/mol. The molecule has 1 heterocycles. The molecule has 0 radical (unpaired) electrons. The Labute approximate surface area is 153 Å². The van der Waals surface area contributed by atoms with Crippen LogP contribution in [0.2, 0.25) is 0 Å². The van der Waals surface area contributed by atoms with Gasteiger partial charge in [0.05, 0.1) is 33.2 Å². The first-order valence-electron chi connectivity index (χ1n) is 8.59. The van der Waals surface area contributed by atoms with E-state index in [-0.39, 0.29) is 24.8 Å². The molecular weight excluding hydrogens is 338 g/mol. The van der Waals surface area contributed by atoms with E-state index in [1.807, 2.05) is 13.8 Å². The molecule has 7 heteroatoms. The number of carboxylic acid groups (broad SMARTS) is 1. The number of nitrogens with zero attached hydrogens (tertiary/aromatic N) is 1. The van der Waals surface area contributed by atoms with Gasteiger partial charge in [0.1, 0.15) is 0 Å². The van der Waals surface area contributed by atoms with Crippen LogP contribution in [0.25, 0.3) is 0 Å². The van der Waals surface area contributed by atoms with Crippen LogP contribution >= 0.6 is 0 Å². The molecule has 1 N–H and O–H groups in total. The maximum atomic E-state index is 12.7. The maximum Gasteiger partial charge on any atom is 0.311 e. The van der Waals surface area contributed by atoms with E-state index in [0.29, 0.717) is 30.2 Å². The number of carbonyl (C=O) groups excluding carboxylic acids is 1. The number of amides is 1. The highest BCUT2D eigenvalue weighted by Crippen LogP contribution is 2.40. The zero-order valence-corrected chi connectivity index (χ0v) is 16.0. The van der Waals surface area contributed by atoms with Gasteiger partial charge in [-0.3, -0.25) is 9.59 Å². The minimum absolute atomic E-state index is 0.0426. The minimum atomic E-state index is -0.870. The van der Waals surface area contributed by atoms with Crippen molar-refractivity contribution in [2.75, 3.05) is 34.4 Å². The predicted octanol–water partition coefficient (Wildman–Crippen LogP) is 2.21. The average molecular weight is 365 g/mol. The van der Waals surface area contributed by atoms with Crippen LogP contribution in [0.3, 0.4) is 0 Å². The summed E-state index contributed by atoms with van der Waals surface area (Å²) < 4.78 is 15.9. The highest BCUT2D eigenvalue weighted by molar-refractivity contribution is 5.82. The van der Waals surface area contributed by atoms with Gasteiger partial charge in [-0.05, 0) is 30.0 Å². The van der Waals surface area contributed by atoms with Gasteiger partial charge in [-0.25, -0.2) is 0 Å². The first-order chi connectivity index (χ1) is 12.3. The van der Waals surface area contributed by atoms with Crippen LogP contribution in [0.5, 0.6) is 17.2 Å². The molecule has 1 aliphatic heterocycles. The lowest BCUT2D eigenvalue weighted by Gasteiger charge is -2.28. The number of ether oxygens (including phenoxy) is 3. The van der Waals surface area contributed by atoms with E-state index in [1.54, 1.807) is 17.0 Å². The number of aliphatic carboxylic acids is 1. The number of hydrogen-bond donors (Lipinski definition) is 1. The van der Waals surface area contributed by atoms with E-state index < -0.39 is 11.4 Å². The number of benzene rings is 1. The molecule has 0 aromatic heterocycles. The normalized spacial score (nSPS) is 19.5. The third kappa shape index (κ3) is 3.57. The van der Waals surface area contributed by atoms with E-state index in [9.17, 15) is 14.7 Å². The van der Waals surface area contributed by atoms with Gasteiger partial charge in [0.15, 0.2) is 11.5 Å². The van der Waals surface area contributed by atoms with Gasteiger partial charge < -0.3 is 24.2 Å². The molecule has 0 spiro atoms. The molecule has 1 aromatic carbocycles. The van der Waals surface area contributed by atoms with Crippen molar-refractivity contribution in [3.8, 4) is 17.2 Å². The number of likely N-dealkylation sites (tertiary alicyclic amines) is 1. The van der Waals surface area contributed by atoms with E-state index in [0.717, 1.165) is 5.56 Å². The van der Waals surface area contributed by atoms with Crippen molar-refractivity contribution < 1.29 is 28.9 Å². The summed E-state index contributed by atoms with van der Waals surface area (Å²) in [5, 5.41) is 9.63. The second-order valence-electron chi connectivity index (χ2n) is 6.89. The number of hydrogen-bond acceptors (Lipinski definition) is 5. The average Bonchev–Trinajstić information content (AvgIpc) is 3.08. The van der Waals surface area contributed by atoms with Crippen LogP contribution in [0, 0.1) is 11.3 Å². The molecular formula is C19H27NO6. The van der Waals surface area contributed by atoms with Crippen molar-refractivity contribution in [2.24, 2.45) is 11.3 Å². The van der Waals surface area contributed by atoms with Gasteiger partial charge in [0, 0.05) is 13.1 Å². The number of carbonyl (C=O) groups is 2. The van der Waals surface area contributed by atoms with Crippen LogP contribution in [-0.4, -0.2) is 56.3 Å². The minimum Gasteiger partial charge on any atom is -0.493 e. The van der Waals surface area contributed by atoms with E-state index >= 15 is 0 Å². The Bertz CT molecular complexity index is 662. The van der Waals surface area contributed by atoms with Crippen molar-refractivity contribution in [1.29, 1.82) is 0 Å². The SMILES string of the molecule is COc1cc(CC(=O)N2CCC(C(=O)O)(C(C)C)C2)cc(OC)c1OC. The fraction of sp³-hybridized carbons (Fsp3) is 0.579. The van der Waals surface area contributed by atoms with Crippen molar-refractivity contribution >= 4 is 11.9 Å². The smallest absolute Gasteiger partial charge is 0.311 e. The molecule has 0 aliphatic carbocycles. The lowest BCUT2D eigenvalue weighted by molar-refractivity contribution is -0.151. The monoisotopic (exact) mass is 365 g/mol. The zero-order chi connectivity index (χ0) is 19.5. The standard InChI is InChI=1S/C19H27NO6/c1-12(2)19(18(22)23)6-7-20(11-19)16(21)10-13-8-14(24-3)17(26-5)15(9-13)25-4/h8-9,12H,6-7,10-11H2,1-5H3,(H,22,23). The molecule has 1 atom stereocenters. The van der Waals surface area contributed by atoms with E-state index in [1.165, 1.54) is 21.3 Å². The first kappa shape index (κ1) is 19.9. The second kappa shape index (κ2) is 7.85. The molecule has 1 aromatic rings. The Balaban J connectivity index is 2.19. The number of carboxylic acids is 1. The van der Waals surface area contributed by atoms with Crippen LogP contribution in [0.1, 0.15) is 25.8 Å². The molecule has 1 amide bonds. The third-order valence-electron chi connectivity index (χ3n) is 5.26. The van der Waals surface area contributed by atoms with Gasteiger partial charge in [0.25, 0.3) is 0 Å². The Morgan fingerprint density at radius 3 is 2.12 bits per heavy atom. The van der Waals surface area contributed by atoms with Gasteiger partial charge in [-0.15, -0.1) is 0 Å². The highest BCUT2D eigenvalue weighted by Gasteiger charge is 2.48. The Morgan fingerprint density at radius 1 is 1.15 bits per heavy atom. The van der Waals surface area contributed by atoms with E-state index in [4.69, 9.17) is 14.2 Å². The lowest BCUT2D eigenvalue weighted by atomic mass is 9.76. The van der Waals surface area contributed by atoms with Crippen LogP contribution in [0.15, 0.2) is 12.1 Å². The summed E-state index contributed by atoms with van der Waals surface area (Å²) in [6.07, 6.45) is 0.617. The molecule has 1 saturated heterocycles. The summed E-state index contributed by atoms with van der Waals surface area (Å²) in [6.45, 7) is 4.47. The Hall–Kier alpha value is -2.44. The van der Waals surface area contributed by atoms with Crippen molar-refractivity contribution in [1.82, 2.24) is 4.90 Å². The van der Waals surface area contributed by atoms with Crippen LogP contribution in [-0.2, 0) is 16.0 Å². The summed E-state index contributed by atoms with van der Waals surface area (Å²) in [6, 6.07) is 3.48. The first-order valence-corrected chi connectivity index (χ1v) is 8.59. The Morgan fingerprint density at radius 2 is 1.73 bits per heavy atom. The molecule has 144 valence electrons. The second-order valence-corrected chi connectivity index (χ2v) is 6.89. The quantitative estimate of drug-likeness (QED) is 0.797. The molecule has 7 nitrogen and oxygen atoms in total. The molecule has 1 fully saturated rings. The highest BCUT2D eigenvalue weighted by atomic mass is 16.5. The molecule has 26 heavy (non-hydrogen) atoms. The summed E-state index contributed by atoms with van der Waals surface area (Å²) in [5.41, 5.74) is -0.146. The van der Waals surface area contributed by atoms with Gasteiger partial charge in [0.2, 0.25) is 11.7 Å². The van der Waals surface area contributed by atoms with E-state index in [2.05, 4.69) is 0 Å². The van der Waals surface area contributed by atoms with Crippen molar-refractivity contribution in [3.63, 3.8) is 0 Å². The summed E-state index contributed by atoms with van der Waals surface area (Å²) >= 11 is 0. The van der Waals surface area contributed by atoms with Gasteiger partial charge in [-0.1, -0.05) is 13.8 Å². The lowest BCUT2D eigenvalue weighted by Crippen LogP contribution is -2.41. The van der Waals surface area contributed by atoms with Crippen molar-refractivity contribution in [2.45, 2.75) is 26.7 Å². The fourth-order valence-corrected chi connectivity index (χ4v) is 3.46. The largest absolute Gasteiger partial charge is 0.493 e. The Kier molecular flexibility index (Phi) is 6.00. The van der Waals surface area contributed by atoms with Gasteiger partial charge >= 0.3 is 5.97 Å². The molecule has 2 rings (SSSR count). The zero-order valence-electron chi connectivity index (χ0n) is 16.0. The van der Waals surface area contributed by atoms with Crippen LogP contribution < -0.4 is 14.2 Å². The fourth-order valence-electron chi connectivity index (χ4n) is 3.46. The molecule has 0 saturated carbocycles. The van der Waals surface area contributed by atoms with Crippen molar-refractivity contribution in [3.05, 3.63) is 17.7 Å². The molecule has 1 aliphatic rings. The molecule has 1 unspecified atom stereocenters. The summed E-state index contributed by atoms with van der Waals surface area (Å²) in [7, 11) is 4.56. The van der Waals surface area contributed by atoms with Crippen LogP contribution in [0.4, 0.5) is 0 Å².